The molecule has 1 aromatic heterocycles. The molecule has 1 aromatic carbocycles. The van der Waals surface area contributed by atoms with Crippen LogP contribution >= 0.6 is 11.6 Å². The van der Waals surface area contributed by atoms with Crippen LogP contribution in [0.25, 0.3) is 0 Å². The molecule has 3 rings (SSSR count). The number of rotatable bonds is 2. The van der Waals surface area contributed by atoms with Crippen molar-refractivity contribution < 1.29 is 18.3 Å². The summed E-state index contributed by atoms with van der Waals surface area (Å²) in [6, 6.07) is 4.98. The molecule has 4 nitrogen and oxygen atoms in total. The second kappa shape index (κ2) is 5.72. The molecular formula is C15H15ClF3N3O. The van der Waals surface area contributed by atoms with E-state index in [1.54, 1.807) is 12.1 Å². The van der Waals surface area contributed by atoms with Crippen LogP contribution in [0.3, 0.4) is 0 Å². The molecule has 0 amide bonds. The third kappa shape index (κ3) is 2.90. The average molecular weight is 346 g/mol. The number of nitrogens with one attached hydrogen (secondary N) is 1. The van der Waals surface area contributed by atoms with Crippen molar-refractivity contribution in [3.8, 4) is 0 Å². The fourth-order valence-electron chi connectivity index (χ4n) is 2.75. The van der Waals surface area contributed by atoms with E-state index in [4.69, 9.17) is 11.6 Å². The van der Waals surface area contributed by atoms with Crippen LogP contribution in [0.5, 0.6) is 0 Å². The zero-order chi connectivity index (χ0) is 16.8. The maximum Gasteiger partial charge on any atom is 0.410 e. The van der Waals surface area contributed by atoms with Crippen LogP contribution in [-0.4, -0.2) is 21.1 Å². The predicted molar refractivity (Wildman–Crippen MR) is 80.4 cm³/mol. The SMILES string of the molecule is Cc1ccc([C@@H]2C[C@@H](C(F)(F)F)n3nc(CO)c(Cl)c3N2)cc1. The van der Waals surface area contributed by atoms with Gasteiger partial charge in [0.15, 0.2) is 6.04 Å². The average Bonchev–Trinajstić information content (AvgIpc) is 2.82. The fraction of sp³-hybridized carbons (Fsp3) is 0.400. The molecule has 2 aromatic rings. The van der Waals surface area contributed by atoms with E-state index in [9.17, 15) is 18.3 Å². The fourth-order valence-corrected chi connectivity index (χ4v) is 2.99. The van der Waals surface area contributed by atoms with Crippen LogP contribution in [0.4, 0.5) is 19.0 Å². The minimum Gasteiger partial charge on any atom is -0.390 e. The molecule has 1 aliphatic heterocycles. The smallest absolute Gasteiger partial charge is 0.390 e. The highest BCUT2D eigenvalue weighted by molar-refractivity contribution is 6.33. The number of hydrogen-bond donors (Lipinski definition) is 2. The van der Waals surface area contributed by atoms with Crippen molar-refractivity contribution in [3.05, 3.63) is 46.1 Å². The van der Waals surface area contributed by atoms with Crippen molar-refractivity contribution in [2.75, 3.05) is 5.32 Å². The van der Waals surface area contributed by atoms with Crippen LogP contribution in [-0.2, 0) is 6.61 Å². The summed E-state index contributed by atoms with van der Waals surface area (Å²) in [6.07, 6.45) is -4.65. The van der Waals surface area contributed by atoms with E-state index >= 15 is 0 Å². The van der Waals surface area contributed by atoms with E-state index in [1.807, 2.05) is 19.1 Å². The lowest BCUT2D eigenvalue weighted by Gasteiger charge is -2.33. The molecule has 0 radical (unpaired) electrons. The first kappa shape index (κ1) is 16.1. The highest BCUT2D eigenvalue weighted by Gasteiger charge is 2.47. The molecule has 0 aliphatic carbocycles. The maximum absolute atomic E-state index is 13.4. The van der Waals surface area contributed by atoms with Gasteiger partial charge in [0, 0.05) is 6.42 Å². The predicted octanol–water partition coefficient (Wildman–Crippen LogP) is 4.00. The zero-order valence-corrected chi connectivity index (χ0v) is 13.0. The second-order valence-electron chi connectivity index (χ2n) is 5.61. The van der Waals surface area contributed by atoms with E-state index in [-0.39, 0.29) is 23.0 Å². The second-order valence-corrected chi connectivity index (χ2v) is 5.99. The van der Waals surface area contributed by atoms with Crippen molar-refractivity contribution in [1.82, 2.24) is 9.78 Å². The van der Waals surface area contributed by atoms with E-state index in [1.165, 1.54) is 0 Å². The highest BCUT2D eigenvalue weighted by atomic mass is 35.5. The van der Waals surface area contributed by atoms with Crippen LogP contribution in [0.1, 0.15) is 35.3 Å². The molecule has 124 valence electrons. The molecule has 0 spiro atoms. The third-order valence-electron chi connectivity index (χ3n) is 3.99. The molecule has 0 saturated heterocycles. The molecule has 8 heteroatoms. The molecule has 0 fully saturated rings. The van der Waals surface area contributed by atoms with E-state index in [0.717, 1.165) is 15.8 Å². The lowest BCUT2D eigenvalue weighted by Crippen LogP contribution is -2.35. The Morgan fingerprint density at radius 2 is 2.00 bits per heavy atom. The van der Waals surface area contributed by atoms with Crippen LogP contribution in [0.2, 0.25) is 5.02 Å². The molecular weight excluding hydrogens is 331 g/mol. The maximum atomic E-state index is 13.4. The first-order valence-corrected chi connectivity index (χ1v) is 7.46. The molecule has 0 saturated carbocycles. The lowest BCUT2D eigenvalue weighted by atomic mass is 9.96. The van der Waals surface area contributed by atoms with Crippen LogP contribution in [0.15, 0.2) is 24.3 Å². The number of alkyl halides is 3. The number of aryl methyl sites for hydroxylation is 1. The van der Waals surface area contributed by atoms with Crippen LogP contribution < -0.4 is 5.32 Å². The molecule has 2 heterocycles. The summed E-state index contributed by atoms with van der Waals surface area (Å²) in [5.74, 6) is 0.0925. The topological polar surface area (TPSA) is 50.1 Å². The number of aromatic nitrogens is 2. The van der Waals surface area contributed by atoms with Crippen molar-refractivity contribution in [2.24, 2.45) is 0 Å². The summed E-state index contributed by atoms with van der Waals surface area (Å²) in [4.78, 5) is 0. The minimum atomic E-state index is -4.46. The normalized spacial score (nSPS) is 21.0. The van der Waals surface area contributed by atoms with Crippen molar-refractivity contribution >= 4 is 17.4 Å². The van der Waals surface area contributed by atoms with Gasteiger partial charge in [0.05, 0.1) is 12.6 Å². The Morgan fingerprint density at radius 1 is 1.35 bits per heavy atom. The van der Waals surface area contributed by atoms with E-state index < -0.39 is 24.9 Å². The van der Waals surface area contributed by atoms with Gasteiger partial charge in [-0.15, -0.1) is 0 Å². The summed E-state index contributed by atoms with van der Waals surface area (Å²) >= 11 is 6.06. The van der Waals surface area contributed by atoms with Gasteiger partial charge in [0.2, 0.25) is 0 Å². The Labute approximate surface area is 135 Å². The number of nitrogens with zero attached hydrogens (tertiary/aromatic N) is 2. The zero-order valence-electron chi connectivity index (χ0n) is 12.2. The first-order valence-electron chi connectivity index (χ1n) is 7.09. The molecule has 1 aliphatic rings. The van der Waals surface area contributed by atoms with Gasteiger partial charge in [-0.1, -0.05) is 41.4 Å². The van der Waals surface area contributed by atoms with Gasteiger partial charge >= 0.3 is 6.18 Å². The van der Waals surface area contributed by atoms with Gasteiger partial charge in [0.25, 0.3) is 0 Å². The molecule has 23 heavy (non-hydrogen) atoms. The Balaban J connectivity index is 2.04. The summed E-state index contributed by atoms with van der Waals surface area (Å²) in [6.45, 7) is 1.40. The third-order valence-corrected chi connectivity index (χ3v) is 4.39. The van der Waals surface area contributed by atoms with E-state index in [0.29, 0.717) is 0 Å². The van der Waals surface area contributed by atoms with Gasteiger partial charge in [-0.05, 0) is 12.5 Å². The number of aliphatic hydroxyl groups is 1. The van der Waals surface area contributed by atoms with Gasteiger partial charge in [-0.3, -0.25) is 0 Å². The van der Waals surface area contributed by atoms with Crippen molar-refractivity contribution in [2.45, 2.75) is 38.2 Å². The summed E-state index contributed by atoms with van der Waals surface area (Å²) in [5.41, 5.74) is 1.81. The standard InChI is InChI=1S/C15H15ClF3N3O/c1-8-2-4-9(5-3-8)10-6-12(15(17,18)19)22-14(20-10)13(16)11(7-23)21-22/h2-5,10,12,20,23H,6-7H2,1H3/t10-,12-/m0/s1. The largest absolute Gasteiger partial charge is 0.410 e. The van der Waals surface area contributed by atoms with Crippen molar-refractivity contribution in [1.29, 1.82) is 0 Å². The summed E-state index contributed by atoms with van der Waals surface area (Å²) < 4.78 is 41.1. The highest BCUT2D eigenvalue weighted by Crippen LogP contribution is 2.46. The quantitative estimate of drug-likeness (QED) is 0.865. The first-order chi connectivity index (χ1) is 10.8. The number of anilines is 1. The minimum absolute atomic E-state index is 0.0264. The van der Waals surface area contributed by atoms with E-state index in [2.05, 4.69) is 10.4 Å². The lowest BCUT2D eigenvalue weighted by molar-refractivity contribution is -0.173. The Bertz CT molecular complexity index is 712. The summed E-state index contributed by atoms with van der Waals surface area (Å²) in [5, 5.41) is 16.1. The van der Waals surface area contributed by atoms with Gasteiger partial charge in [-0.2, -0.15) is 18.3 Å². The number of aliphatic hydroxyl groups excluding tert-OH is 1. The molecule has 0 unspecified atom stereocenters. The molecule has 0 bridgehead atoms. The van der Waals surface area contributed by atoms with Gasteiger partial charge < -0.3 is 10.4 Å². The Morgan fingerprint density at radius 3 is 2.57 bits per heavy atom. The number of hydrogen-bond acceptors (Lipinski definition) is 3. The Hall–Kier alpha value is -1.73. The van der Waals surface area contributed by atoms with Gasteiger partial charge in [-0.25, -0.2) is 4.68 Å². The van der Waals surface area contributed by atoms with Crippen molar-refractivity contribution in [3.63, 3.8) is 0 Å². The van der Waals surface area contributed by atoms with Crippen LogP contribution in [0, 0.1) is 6.92 Å². The number of fused-ring (bicyclic) bond motifs is 1. The molecule has 2 N–H and O–H groups in total. The molecule has 2 atom stereocenters. The number of halogens is 4. The number of benzene rings is 1. The Kier molecular flexibility index (Phi) is 4.01. The summed E-state index contributed by atoms with van der Waals surface area (Å²) in [7, 11) is 0. The van der Waals surface area contributed by atoms with Gasteiger partial charge in [0.1, 0.15) is 16.5 Å². The monoisotopic (exact) mass is 345 g/mol.